The second-order valence-corrected chi connectivity index (χ2v) is 8.35. The molecule has 0 aliphatic carbocycles. The minimum atomic E-state index is 0.0788. The Morgan fingerprint density at radius 2 is 1.58 bits per heavy atom. The summed E-state index contributed by atoms with van der Waals surface area (Å²) in [5.41, 5.74) is 3.89. The van der Waals surface area contributed by atoms with Gasteiger partial charge < -0.3 is 0 Å². The lowest BCUT2D eigenvalue weighted by Crippen LogP contribution is -2.19. The molecule has 0 N–H and O–H groups in total. The molecular weight excluding hydrogens is 345 g/mol. The van der Waals surface area contributed by atoms with Gasteiger partial charge >= 0.3 is 0 Å². The first kappa shape index (κ1) is 14.8. The topological polar surface area (TPSA) is 12.9 Å². The lowest BCUT2D eigenvalue weighted by Gasteiger charge is -2.26. The van der Waals surface area contributed by atoms with E-state index in [0.717, 1.165) is 5.52 Å². The second-order valence-electron chi connectivity index (χ2n) is 7.19. The van der Waals surface area contributed by atoms with Gasteiger partial charge in [0.2, 0.25) is 0 Å². The summed E-state index contributed by atoms with van der Waals surface area (Å²) in [5, 5.41) is 1.31. The van der Waals surface area contributed by atoms with Crippen molar-refractivity contribution in [1.82, 2.24) is 4.98 Å². The molecule has 0 saturated heterocycles. The van der Waals surface area contributed by atoms with Gasteiger partial charge in [-0.1, -0.05) is 47.6 Å². The summed E-state index contributed by atoms with van der Waals surface area (Å²) in [6.45, 7) is 13.5. The largest absolute Gasteiger partial charge is 0.252 e. The van der Waals surface area contributed by atoms with Crippen LogP contribution in [0.15, 0.2) is 24.3 Å². The Morgan fingerprint density at radius 3 is 2.11 bits per heavy atom. The van der Waals surface area contributed by atoms with Crippen LogP contribution in [0.4, 0.5) is 0 Å². The summed E-state index contributed by atoms with van der Waals surface area (Å²) >= 11 is 2.42. The van der Waals surface area contributed by atoms with Crippen molar-refractivity contribution < 1.29 is 0 Å². The lowest BCUT2D eigenvalue weighted by molar-refractivity contribution is 0.558. The Balaban J connectivity index is 2.89. The zero-order valence-electron chi connectivity index (χ0n) is 12.6. The third kappa shape index (κ3) is 2.93. The van der Waals surface area contributed by atoms with E-state index in [4.69, 9.17) is 4.98 Å². The number of halogens is 1. The maximum Gasteiger partial charge on any atom is 0.0719 e. The first-order valence-corrected chi connectivity index (χ1v) is 7.79. The van der Waals surface area contributed by atoms with Gasteiger partial charge in [-0.25, -0.2) is 0 Å². The van der Waals surface area contributed by atoms with E-state index in [1.54, 1.807) is 0 Å². The van der Waals surface area contributed by atoms with E-state index in [-0.39, 0.29) is 10.8 Å². The SMILES string of the molecule is CC(C)(C)c1cc(C(C)(C)C)c2c(I)cccc2n1. The number of hydrogen-bond acceptors (Lipinski definition) is 1. The van der Waals surface area contributed by atoms with E-state index in [0.29, 0.717) is 0 Å². The first-order valence-electron chi connectivity index (χ1n) is 6.71. The molecule has 0 aliphatic rings. The van der Waals surface area contributed by atoms with Crippen LogP contribution < -0.4 is 0 Å². The van der Waals surface area contributed by atoms with Gasteiger partial charge in [-0.2, -0.15) is 0 Å². The van der Waals surface area contributed by atoms with Crippen LogP contribution >= 0.6 is 22.6 Å². The number of fused-ring (bicyclic) bond motifs is 1. The van der Waals surface area contributed by atoms with E-state index in [2.05, 4.69) is 88.4 Å². The van der Waals surface area contributed by atoms with Crippen molar-refractivity contribution in [2.75, 3.05) is 0 Å². The van der Waals surface area contributed by atoms with Gasteiger partial charge in [0.25, 0.3) is 0 Å². The summed E-state index contributed by atoms with van der Waals surface area (Å²) in [5.74, 6) is 0. The van der Waals surface area contributed by atoms with Gasteiger partial charge in [0.1, 0.15) is 0 Å². The molecule has 2 rings (SSSR count). The van der Waals surface area contributed by atoms with Crippen LogP contribution in [0.1, 0.15) is 52.8 Å². The Bertz CT molecular complexity index is 615. The predicted octanol–water partition coefficient (Wildman–Crippen LogP) is 5.43. The fourth-order valence-electron chi connectivity index (χ4n) is 2.22. The average Bonchev–Trinajstić information content (AvgIpc) is 2.25. The molecule has 2 heteroatoms. The van der Waals surface area contributed by atoms with Crippen LogP contribution in [0.2, 0.25) is 0 Å². The van der Waals surface area contributed by atoms with Crippen LogP contribution in [0, 0.1) is 3.57 Å². The highest BCUT2D eigenvalue weighted by molar-refractivity contribution is 14.1. The highest BCUT2D eigenvalue weighted by atomic mass is 127. The summed E-state index contributed by atoms with van der Waals surface area (Å²) in [4.78, 5) is 4.88. The van der Waals surface area contributed by atoms with Gasteiger partial charge in [0, 0.05) is 20.1 Å². The smallest absolute Gasteiger partial charge is 0.0719 e. The molecule has 19 heavy (non-hydrogen) atoms. The Labute approximate surface area is 130 Å². The average molecular weight is 367 g/mol. The van der Waals surface area contributed by atoms with E-state index in [1.165, 1.54) is 20.2 Å². The van der Waals surface area contributed by atoms with Crippen molar-refractivity contribution in [3.8, 4) is 0 Å². The van der Waals surface area contributed by atoms with Crippen molar-refractivity contribution in [2.45, 2.75) is 52.4 Å². The van der Waals surface area contributed by atoms with Crippen molar-refractivity contribution in [3.05, 3.63) is 39.1 Å². The van der Waals surface area contributed by atoms with Crippen LogP contribution in [0.3, 0.4) is 0 Å². The number of pyridine rings is 1. The summed E-state index contributed by atoms with van der Waals surface area (Å²) < 4.78 is 1.29. The molecule has 0 amide bonds. The van der Waals surface area contributed by atoms with Crippen LogP contribution in [-0.4, -0.2) is 4.98 Å². The first-order chi connectivity index (χ1) is 8.60. The lowest BCUT2D eigenvalue weighted by atomic mass is 9.81. The molecule has 0 spiro atoms. The second kappa shape index (κ2) is 4.72. The molecule has 1 heterocycles. The zero-order chi connectivity index (χ0) is 14.4. The van der Waals surface area contributed by atoms with Gasteiger partial charge in [0.05, 0.1) is 5.52 Å². The van der Waals surface area contributed by atoms with Crippen LogP contribution in [0.5, 0.6) is 0 Å². The van der Waals surface area contributed by atoms with Gasteiger partial charge in [-0.3, -0.25) is 4.98 Å². The molecule has 1 aromatic heterocycles. The minimum Gasteiger partial charge on any atom is -0.252 e. The van der Waals surface area contributed by atoms with Crippen molar-refractivity contribution >= 4 is 33.5 Å². The molecule has 2 aromatic rings. The summed E-state index contributed by atoms with van der Waals surface area (Å²) in [6.07, 6.45) is 0. The minimum absolute atomic E-state index is 0.0788. The highest BCUT2D eigenvalue weighted by Gasteiger charge is 2.24. The summed E-state index contributed by atoms with van der Waals surface area (Å²) in [7, 11) is 0. The molecule has 0 radical (unpaired) electrons. The van der Waals surface area contributed by atoms with E-state index in [1.807, 2.05) is 0 Å². The number of aromatic nitrogens is 1. The van der Waals surface area contributed by atoms with Crippen LogP contribution in [0.25, 0.3) is 10.9 Å². The van der Waals surface area contributed by atoms with Crippen molar-refractivity contribution in [2.24, 2.45) is 0 Å². The quantitative estimate of drug-likeness (QED) is 0.566. The molecule has 1 aromatic carbocycles. The molecule has 0 bridgehead atoms. The third-order valence-corrected chi connectivity index (χ3v) is 4.26. The molecule has 0 atom stereocenters. The molecule has 102 valence electrons. The van der Waals surface area contributed by atoms with Gasteiger partial charge in [-0.05, 0) is 51.8 Å². The molecule has 0 saturated carbocycles. The van der Waals surface area contributed by atoms with Crippen LogP contribution in [-0.2, 0) is 10.8 Å². The number of nitrogens with zero attached hydrogens (tertiary/aromatic N) is 1. The number of rotatable bonds is 0. The van der Waals surface area contributed by atoms with E-state index in [9.17, 15) is 0 Å². The Hall–Kier alpha value is -0.640. The van der Waals surface area contributed by atoms with E-state index < -0.39 is 0 Å². The number of benzene rings is 1. The monoisotopic (exact) mass is 367 g/mol. The van der Waals surface area contributed by atoms with Gasteiger partial charge in [0.15, 0.2) is 0 Å². The molecule has 0 aliphatic heterocycles. The van der Waals surface area contributed by atoms with Crippen molar-refractivity contribution in [3.63, 3.8) is 0 Å². The van der Waals surface area contributed by atoms with Crippen molar-refractivity contribution in [1.29, 1.82) is 0 Å². The van der Waals surface area contributed by atoms with Gasteiger partial charge in [-0.15, -0.1) is 0 Å². The third-order valence-electron chi connectivity index (χ3n) is 3.36. The highest BCUT2D eigenvalue weighted by Crippen LogP contribution is 2.35. The molecular formula is C17H22IN. The van der Waals surface area contributed by atoms with E-state index >= 15 is 0 Å². The Kier molecular flexibility index (Phi) is 3.67. The zero-order valence-corrected chi connectivity index (χ0v) is 14.8. The molecule has 0 unspecified atom stereocenters. The Morgan fingerprint density at radius 1 is 0.947 bits per heavy atom. The fraction of sp³-hybridized carbons (Fsp3) is 0.471. The molecule has 0 fully saturated rings. The standard InChI is InChI=1S/C17H22IN/c1-16(2,3)11-10-14(17(4,5)6)19-13-9-7-8-12(18)15(11)13/h7-10H,1-6H3. The normalized spacial score (nSPS) is 13.0. The number of hydrogen-bond donors (Lipinski definition) is 0. The molecule has 1 nitrogen and oxygen atoms in total. The maximum atomic E-state index is 4.88. The fourth-order valence-corrected chi connectivity index (χ4v) is 2.99. The predicted molar refractivity (Wildman–Crippen MR) is 91.9 cm³/mol. The maximum absolute atomic E-state index is 4.88. The summed E-state index contributed by atoms with van der Waals surface area (Å²) in [6, 6.07) is 8.68.